The zero-order chi connectivity index (χ0) is 14.5. The normalized spacial score (nSPS) is 16.8. The molecule has 0 aromatic heterocycles. The lowest BCUT2D eigenvalue weighted by Gasteiger charge is -2.21. The van der Waals surface area contributed by atoms with E-state index in [-0.39, 0.29) is 6.42 Å². The minimum absolute atomic E-state index is 0.281. The Bertz CT molecular complexity index is 215. The van der Waals surface area contributed by atoms with Gasteiger partial charge in [0.2, 0.25) is 0 Å². The Morgan fingerprint density at radius 3 is 2.37 bits per heavy atom. The van der Waals surface area contributed by atoms with Crippen molar-refractivity contribution in [3.05, 3.63) is 0 Å². The molecular weight excluding hydrogens is 242 g/mol. The molecule has 1 saturated heterocycles. The van der Waals surface area contributed by atoms with Crippen LogP contribution in [0.1, 0.15) is 58.8 Å². The Balaban J connectivity index is 0.000000342. The third kappa shape index (κ3) is 11.0. The lowest BCUT2D eigenvalue weighted by molar-refractivity contribution is -0.137. The van der Waals surface area contributed by atoms with E-state index in [0.29, 0.717) is 0 Å². The van der Waals surface area contributed by atoms with Crippen LogP contribution in [0.2, 0.25) is 0 Å². The first-order valence-electron chi connectivity index (χ1n) is 7.56. The van der Waals surface area contributed by atoms with Gasteiger partial charge in [-0.05, 0) is 52.1 Å². The first-order valence-corrected chi connectivity index (χ1v) is 7.56. The predicted molar refractivity (Wildman–Crippen MR) is 78.5 cm³/mol. The maximum absolute atomic E-state index is 10.0. The number of carboxylic acid groups (broad SMARTS) is 1. The highest BCUT2D eigenvalue weighted by Gasteiger charge is 2.15. The molecule has 1 rings (SSSR count). The molecule has 1 fully saturated rings. The summed E-state index contributed by atoms with van der Waals surface area (Å²) in [6, 6.07) is 0.826. The number of hydrogen-bond donors (Lipinski definition) is 1. The fraction of sp³-hybridized carbons (Fsp3) is 0.933. The third-order valence-corrected chi connectivity index (χ3v) is 3.59. The quantitative estimate of drug-likeness (QED) is 0.690. The minimum atomic E-state index is -0.711. The van der Waals surface area contributed by atoms with Crippen LogP contribution in [0.25, 0.3) is 0 Å². The number of hydrogen-bond acceptors (Lipinski definition) is 3. The minimum Gasteiger partial charge on any atom is -0.481 e. The van der Waals surface area contributed by atoms with Crippen molar-refractivity contribution < 1.29 is 14.6 Å². The third-order valence-electron chi connectivity index (χ3n) is 3.59. The monoisotopic (exact) mass is 273 g/mol. The van der Waals surface area contributed by atoms with Gasteiger partial charge < -0.3 is 14.7 Å². The van der Waals surface area contributed by atoms with E-state index in [0.717, 1.165) is 31.9 Å². The number of methoxy groups -OCH3 is 1. The number of rotatable bonds is 8. The Hall–Kier alpha value is -0.610. The maximum atomic E-state index is 10.0. The molecule has 0 aliphatic carbocycles. The zero-order valence-electron chi connectivity index (χ0n) is 12.9. The van der Waals surface area contributed by atoms with Crippen molar-refractivity contribution in [2.24, 2.45) is 0 Å². The van der Waals surface area contributed by atoms with Crippen LogP contribution in [0.15, 0.2) is 0 Å². The second-order valence-corrected chi connectivity index (χ2v) is 5.20. The molecule has 0 aromatic rings. The van der Waals surface area contributed by atoms with Gasteiger partial charge >= 0.3 is 5.97 Å². The van der Waals surface area contributed by atoms with E-state index in [1.165, 1.54) is 32.4 Å². The Morgan fingerprint density at radius 2 is 1.89 bits per heavy atom. The second-order valence-electron chi connectivity index (χ2n) is 5.20. The van der Waals surface area contributed by atoms with E-state index < -0.39 is 5.97 Å². The van der Waals surface area contributed by atoms with Crippen LogP contribution in [-0.4, -0.2) is 48.8 Å². The molecule has 4 heteroatoms. The molecule has 4 nitrogen and oxygen atoms in total. The Morgan fingerprint density at radius 1 is 1.26 bits per heavy atom. The van der Waals surface area contributed by atoms with Gasteiger partial charge in [-0.25, -0.2) is 0 Å². The second kappa shape index (κ2) is 12.4. The highest BCUT2D eigenvalue weighted by Crippen LogP contribution is 2.12. The smallest absolute Gasteiger partial charge is 0.303 e. The van der Waals surface area contributed by atoms with Crippen LogP contribution in [0.3, 0.4) is 0 Å². The largest absolute Gasteiger partial charge is 0.481 e. The van der Waals surface area contributed by atoms with Crippen LogP contribution >= 0.6 is 0 Å². The van der Waals surface area contributed by atoms with E-state index in [1.807, 2.05) is 0 Å². The van der Waals surface area contributed by atoms with Crippen molar-refractivity contribution in [3.63, 3.8) is 0 Å². The van der Waals surface area contributed by atoms with Crippen molar-refractivity contribution in [2.75, 3.05) is 26.8 Å². The van der Waals surface area contributed by atoms with Crippen LogP contribution in [0.4, 0.5) is 0 Å². The van der Waals surface area contributed by atoms with Gasteiger partial charge in [0, 0.05) is 26.2 Å². The maximum Gasteiger partial charge on any atom is 0.303 e. The van der Waals surface area contributed by atoms with E-state index in [4.69, 9.17) is 9.84 Å². The highest BCUT2D eigenvalue weighted by molar-refractivity contribution is 5.66. The summed E-state index contributed by atoms with van der Waals surface area (Å²) < 4.78 is 4.80. The number of unbranched alkanes of at least 4 members (excludes halogenated alkanes) is 2. The summed E-state index contributed by atoms with van der Waals surface area (Å²) in [5.74, 6) is -0.711. The summed E-state index contributed by atoms with van der Waals surface area (Å²) in [5.41, 5.74) is 0. The van der Waals surface area contributed by atoms with Crippen molar-refractivity contribution in [3.8, 4) is 0 Å². The fourth-order valence-electron chi connectivity index (χ4n) is 2.14. The molecule has 0 amide bonds. The molecule has 1 N–H and O–H groups in total. The molecule has 0 bridgehead atoms. The summed E-state index contributed by atoms with van der Waals surface area (Å²) in [7, 11) is 1.65. The molecule has 0 saturated carbocycles. The molecular formula is C15H31NO3. The summed E-state index contributed by atoms with van der Waals surface area (Å²) in [5, 5.41) is 8.24. The SMILES string of the molecule is CCC(C)N1CCCC1.COCCCCCC(=O)O. The Labute approximate surface area is 118 Å². The molecule has 1 atom stereocenters. The topological polar surface area (TPSA) is 49.8 Å². The zero-order valence-corrected chi connectivity index (χ0v) is 12.9. The van der Waals surface area contributed by atoms with Gasteiger partial charge in [0.15, 0.2) is 0 Å². The van der Waals surface area contributed by atoms with Crippen molar-refractivity contribution >= 4 is 5.97 Å². The fourth-order valence-corrected chi connectivity index (χ4v) is 2.14. The first kappa shape index (κ1) is 18.4. The lowest BCUT2D eigenvalue weighted by atomic mass is 10.2. The predicted octanol–water partition coefficient (Wildman–Crippen LogP) is 3.16. The van der Waals surface area contributed by atoms with Crippen molar-refractivity contribution in [1.82, 2.24) is 4.90 Å². The van der Waals surface area contributed by atoms with Crippen LogP contribution in [0, 0.1) is 0 Å². The number of carbonyl (C=O) groups is 1. The molecule has 0 spiro atoms. The van der Waals surface area contributed by atoms with Gasteiger partial charge in [-0.3, -0.25) is 4.79 Å². The first-order chi connectivity index (χ1) is 9.11. The number of ether oxygens (including phenoxy) is 1. The van der Waals surface area contributed by atoms with E-state index in [1.54, 1.807) is 7.11 Å². The molecule has 1 aliphatic heterocycles. The van der Waals surface area contributed by atoms with Crippen molar-refractivity contribution in [1.29, 1.82) is 0 Å². The molecule has 0 aromatic carbocycles. The molecule has 1 heterocycles. The highest BCUT2D eigenvalue weighted by atomic mass is 16.5. The van der Waals surface area contributed by atoms with Crippen molar-refractivity contribution in [2.45, 2.75) is 64.8 Å². The van der Waals surface area contributed by atoms with Gasteiger partial charge in [-0.15, -0.1) is 0 Å². The van der Waals surface area contributed by atoms with E-state index in [9.17, 15) is 4.79 Å². The summed E-state index contributed by atoms with van der Waals surface area (Å²) in [6.45, 7) is 8.01. The van der Waals surface area contributed by atoms with Gasteiger partial charge in [0.25, 0.3) is 0 Å². The Kier molecular flexibility index (Phi) is 12.0. The van der Waals surface area contributed by atoms with Crippen LogP contribution in [-0.2, 0) is 9.53 Å². The van der Waals surface area contributed by atoms with E-state index >= 15 is 0 Å². The number of likely N-dealkylation sites (tertiary alicyclic amines) is 1. The van der Waals surface area contributed by atoms with Gasteiger partial charge in [0.05, 0.1) is 0 Å². The average Bonchev–Trinajstić information content (AvgIpc) is 2.92. The van der Waals surface area contributed by atoms with Gasteiger partial charge in [-0.1, -0.05) is 13.3 Å². The molecule has 1 unspecified atom stereocenters. The number of aliphatic carboxylic acids is 1. The van der Waals surface area contributed by atoms with Crippen LogP contribution < -0.4 is 0 Å². The lowest BCUT2D eigenvalue weighted by Crippen LogP contribution is -2.29. The number of nitrogens with zero attached hydrogens (tertiary/aromatic N) is 1. The molecule has 1 aliphatic rings. The molecule has 114 valence electrons. The van der Waals surface area contributed by atoms with E-state index in [2.05, 4.69) is 18.7 Å². The summed E-state index contributed by atoms with van der Waals surface area (Å²) in [6.07, 6.45) is 7.10. The summed E-state index contributed by atoms with van der Waals surface area (Å²) in [4.78, 5) is 12.6. The number of carboxylic acids is 1. The average molecular weight is 273 g/mol. The standard InChI is InChI=1S/C8H17N.C7H14O3/c1-3-8(2)9-6-4-5-7-9;1-10-6-4-2-3-5-7(8)9/h8H,3-7H2,1-2H3;2-6H2,1H3,(H,8,9). The van der Waals surface area contributed by atoms with Crippen LogP contribution in [0.5, 0.6) is 0 Å². The molecule has 19 heavy (non-hydrogen) atoms. The summed E-state index contributed by atoms with van der Waals surface area (Å²) >= 11 is 0. The van der Waals surface area contributed by atoms with Gasteiger partial charge in [-0.2, -0.15) is 0 Å². The molecule has 0 radical (unpaired) electrons. The van der Waals surface area contributed by atoms with Gasteiger partial charge in [0.1, 0.15) is 0 Å².